The van der Waals surface area contributed by atoms with Crippen molar-refractivity contribution in [3.63, 3.8) is 0 Å². The summed E-state index contributed by atoms with van der Waals surface area (Å²) in [6, 6.07) is 7.10. The summed E-state index contributed by atoms with van der Waals surface area (Å²) in [6.45, 7) is 6.91. The lowest BCUT2D eigenvalue weighted by Crippen LogP contribution is -2.53. The molecule has 21 heavy (non-hydrogen) atoms. The first kappa shape index (κ1) is 16.2. The molecule has 1 saturated heterocycles. The molecule has 1 aromatic carbocycles. The number of carbonyl (C=O) groups excluding carboxylic acids is 1. The highest BCUT2D eigenvalue weighted by Gasteiger charge is 2.34. The number of rotatable bonds is 3. The molecule has 0 radical (unpaired) electrons. The topological polar surface area (TPSA) is 70.0 Å². The first-order valence-corrected chi connectivity index (χ1v) is 7.73. The molecule has 1 aromatic rings. The average molecular weight is 309 g/mol. The third-order valence-electron chi connectivity index (χ3n) is 2.98. The van der Waals surface area contributed by atoms with Crippen molar-refractivity contribution < 1.29 is 19.6 Å². The molecule has 1 aliphatic heterocycles. The molecule has 114 valence electrons. The molecule has 0 unspecified atom stereocenters. The van der Waals surface area contributed by atoms with Gasteiger partial charge in [0.15, 0.2) is 0 Å². The lowest BCUT2D eigenvalue weighted by Gasteiger charge is -2.39. The molecule has 2 N–H and O–H groups in total. The quantitative estimate of drug-likeness (QED) is 0.818. The molecule has 1 fully saturated rings. The lowest BCUT2D eigenvalue weighted by molar-refractivity contribution is 0.0144. The van der Waals surface area contributed by atoms with Crippen molar-refractivity contribution in [3.05, 3.63) is 24.3 Å². The molecule has 7 heteroatoms. The number of hydrogen-bond acceptors (Lipinski definition) is 5. The van der Waals surface area contributed by atoms with Crippen molar-refractivity contribution in [2.24, 2.45) is 0 Å². The molecule has 1 aliphatic rings. The minimum Gasteiger partial charge on any atom is -0.444 e. The van der Waals surface area contributed by atoms with Crippen LogP contribution in [0.3, 0.4) is 0 Å². The molecule has 1 heterocycles. The summed E-state index contributed by atoms with van der Waals surface area (Å²) >= 11 is 1.68. The van der Waals surface area contributed by atoms with Gasteiger partial charge in [-0.25, -0.2) is 4.79 Å². The number of carbonyl (C=O) groups is 1. The SMILES string of the molecule is CC(C)(C)OC(=O)N1CC(Sc2ccc(B(O)O)cc2)C1. The monoisotopic (exact) mass is 309 g/mol. The first-order valence-electron chi connectivity index (χ1n) is 6.85. The highest BCUT2D eigenvalue weighted by atomic mass is 32.2. The second-order valence-electron chi connectivity index (χ2n) is 6.07. The third-order valence-corrected chi connectivity index (χ3v) is 4.16. The number of hydrogen-bond donors (Lipinski definition) is 2. The molecule has 0 bridgehead atoms. The second-order valence-corrected chi connectivity index (χ2v) is 7.44. The Bertz CT molecular complexity index is 495. The fourth-order valence-electron chi connectivity index (χ4n) is 1.90. The zero-order chi connectivity index (χ0) is 15.6. The van der Waals surface area contributed by atoms with Crippen LogP contribution in [0.15, 0.2) is 29.2 Å². The van der Waals surface area contributed by atoms with Crippen LogP contribution >= 0.6 is 11.8 Å². The van der Waals surface area contributed by atoms with Gasteiger partial charge in [0.2, 0.25) is 0 Å². The molecule has 2 rings (SSSR count). The summed E-state index contributed by atoms with van der Waals surface area (Å²) in [6.07, 6.45) is -0.266. The summed E-state index contributed by atoms with van der Waals surface area (Å²) in [7, 11) is -1.43. The van der Waals surface area contributed by atoms with Crippen LogP contribution < -0.4 is 5.46 Å². The average Bonchev–Trinajstić information content (AvgIpc) is 2.31. The number of thioether (sulfide) groups is 1. The lowest BCUT2D eigenvalue weighted by atomic mass is 9.81. The normalized spacial score (nSPS) is 15.6. The molecule has 0 aliphatic carbocycles. The highest BCUT2D eigenvalue weighted by molar-refractivity contribution is 8.00. The van der Waals surface area contributed by atoms with Crippen LogP contribution in [0.2, 0.25) is 0 Å². The van der Waals surface area contributed by atoms with Crippen molar-refractivity contribution in [2.45, 2.75) is 36.5 Å². The van der Waals surface area contributed by atoms with Crippen molar-refractivity contribution in [2.75, 3.05) is 13.1 Å². The van der Waals surface area contributed by atoms with E-state index < -0.39 is 12.7 Å². The van der Waals surface area contributed by atoms with Gasteiger partial charge in [-0.05, 0) is 38.4 Å². The third kappa shape index (κ3) is 4.66. The Hall–Kier alpha value is -1.18. The Kier molecular flexibility index (Phi) is 4.86. The summed E-state index contributed by atoms with van der Waals surface area (Å²) < 4.78 is 5.30. The fourth-order valence-corrected chi connectivity index (χ4v) is 3.09. The molecular weight excluding hydrogens is 289 g/mol. The van der Waals surface area contributed by atoms with Crippen LogP contribution in [0, 0.1) is 0 Å². The van der Waals surface area contributed by atoms with E-state index in [1.807, 2.05) is 32.9 Å². The number of amides is 1. The van der Waals surface area contributed by atoms with E-state index in [2.05, 4.69) is 0 Å². The Balaban J connectivity index is 1.79. The summed E-state index contributed by atoms with van der Waals surface area (Å²) in [5.74, 6) is 0. The molecule has 1 amide bonds. The van der Waals surface area contributed by atoms with Crippen LogP contribution in [0.4, 0.5) is 4.79 Å². The minimum absolute atomic E-state index is 0.266. The van der Waals surface area contributed by atoms with E-state index in [-0.39, 0.29) is 6.09 Å². The van der Waals surface area contributed by atoms with Gasteiger partial charge in [-0.3, -0.25) is 0 Å². The number of likely N-dealkylation sites (tertiary alicyclic amines) is 1. The maximum Gasteiger partial charge on any atom is 0.488 e. The smallest absolute Gasteiger partial charge is 0.444 e. The van der Waals surface area contributed by atoms with Gasteiger partial charge in [0.05, 0.1) is 0 Å². The van der Waals surface area contributed by atoms with Crippen molar-refractivity contribution >= 4 is 30.4 Å². The molecule has 5 nitrogen and oxygen atoms in total. The van der Waals surface area contributed by atoms with Crippen LogP contribution in [-0.4, -0.2) is 52.1 Å². The maximum atomic E-state index is 11.8. The zero-order valence-corrected chi connectivity index (χ0v) is 13.3. The van der Waals surface area contributed by atoms with E-state index in [1.54, 1.807) is 28.8 Å². The van der Waals surface area contributed by atoms with Crippen LogP contribution in [-0.2, 0) is 4.74 Å². The number of benzene rings is 1. The van der Waals surface area contributed by atoms with E-state index >= 15 is 0 Å². The van der Waals surface area contributed by atoms with Gasteiger partial charge in [0.25, 0.3) is 0 Å². The van der Waals surface area contributed by atoms with Crippen LogP contribution in [0.1, 0.15) is 20.8 Å². The van der Waals surface area contributed by atoms with Crippen molar-refractivity contribution in [3.8, 4) is 0 Å². The Morgan fingerprint density at radius 3 is 2.33 bits per heavy atom. The second kappa shape index (κ2) is 6.29. The van der Waals surface area contributed by atoms with Crippen LogP contribution in [0.25, 0.3) is 0 Å². The van der Waals surface area contributed by atoms with E-state index in [1.165, 1.54) is 0 Å². The standard InChI is InChI=1S/C14H20BNO4S/c1-14(2,3)20-13(17)16-8-12(9-16)21-11-6-4-10(5-7-11)15(18)19/h4-7,12,18-19H,8-9H2,1-3H3. The summed E-state index contributed by atoms with van der Waals surface area (Å²) in [5, 5.41) is 18.4. The Labute approximate surface area is 129 Å². The van der Waals surface area contributed by atoms with Gasteiger partial charge in [-0.2, -0.15) is 0 Å². The predicted molar refractivity (Wildman–Crippen MR) is 83.7 cm³/mol. The van der Waals surface area contributed by atoms with Crippen molar-refractivity contribution in [1.82, 2.24) is 4.90 Å². The number of ether oxygens (including phenoxy) is 1. The number of nitrogens with zero attached hydrogens (tertiary/aromatic N) is 1. The molecular formula is C14H20BNO4S. The minimum atomic E-state index is -1.43. The maximum absolute atomic E-state index is 11.8. The van der Waals surface area contributed by atoms with E-state index in [9.17, 15) is 4.79 Å². The Morgan fingerprint density at radius 1 is 1.29 bits per heavy atom. The molecule has 0 aromatic heterocycles. The molecule has 0 saturated carbocycles. The first-order chi connectivity index (χ1) is 9.74. The van der Waals surface area contributed by atoms with Gasteiger partial charge in [-0.1, -0.05) is 12.1 Å². The largest absolute Gasteiger partial charge is 0.488 e. The molecule has 0 atom stereocenters. The van der Waals surface area contributed by atoms with Crippen molar-refractivity contribution in [1.29, 1.82) is 0 Å². The van der Waals surface area contributed by atoms with Crippen LogP contribution in [0.5, 0.6) is 0 Å². The Morgan fingerprint density at radius 2 is 1.86 bits per heavy atom. The summed E-state index contributed by atoms with van der Waals surface area (Å²) in [4.78, 5) is 14.5. The highest BCUT2D eigenvalue weighted by Crippen LogP contribution is 2.30. The van der Waals surface area contributed by atoms with Gasteiger partial charge in [-0.15, -0.1) is 11.8 Å². The molecule has 0 spiro atoms. The van der Waals surface area contributed by atoms with Gasteiger partial charge < -0.3 is 19.7 Å². The van der Waals surface area contributed by atoms with E-state index in [0.29, 0.717) is 23.8 Å². The van der Waals surface area contributed by atoms with Gasteiger partial charge in [0.1, 0.15) is 5.60 Å². The predicted octanol–water partition coefficient (Wildman–Crippen LogP) is 1.08. The van der Waals surface area contributed by atoms with Gasteiger partial charge >= 0.3 is 13.2 Å². The fraction of sp³-hybridized carbons (Fsp3) is 0.500. The zero-order valence-electron chi connectivity index (χ0n) is 12.4. The van der Waals surface area contributed by atoms with Gasteiger partial charge in [0, 0.05) is 23.2 Å². The summed E-state index contributed by atoms with van der Waals surface area (Å²) in [5.41, 5.74) is 0.0133. The van der Waals surface area contributed by atoms with E-state index in [4.69, 9.17) is 14.8 Å². The van der Waals surface area contributed by atoms with E-state index in [0.717, 1.165) is 4.90 Å².